The van der Waals surface area contributed by atoms with Gasteiger partial charge in [0, 0.05) is 24.4 Å². The van der Waals surface area contributed by atoms with Crippen molar-refractivity contribution in [3.63, 3.8) is 0 Å². The number of carbonyl (C=O) groups is 1. The Kier molecular flexibility index (Phi) is 7.14. The fraction of sp³-hybridized carbons (Fsp3) is 0.269. The van der Waals surface area contributed by atoms with Crippen molar-refractivity contribution in [2.24, 2.45) is 0 Å². The lowest BCUT2D eigenvalue weighted by Gasteiger charge is -2.12. The van der Waals surface area contributed by atoms with Crippen LogP contribution < -0.4 is 4.74 Å². The molecule has 2 heterocycles. The second kappa shape index (κ2) is 10.2. The number of hydrogen-bond donors (Lipinski definition) is 1. The van der Waals surface area contributed by atoms with Crippen molar-refractivity contribution in [1.82, 2.24) is 14.5 Å². The zero-order valence-corrected chi connectivity index (χ0v) is 20.1. The molecule has 0 amide bonds. The van der Waals surface area contributed by atoms with Crippen molar-refractivity contribution in [3.05, 3.63) is 87.5 Å². The van der Waals surface area contributed by atoms with E-state index in [1.54, 1.807) is 30.5 Å². The summed E-state index contributed by atoms with van der Waals surface area (Å²) in [6.45, 7) is 7.58. The van der Waals surface area contributed by atoms with Gasteiger partial charge in [-0.25, -0.2) is 9.78 Å². The topological polar surface area (TPSA) is 86.5 Å². The lowest BCUT2D eigenvalue weighted by Crippen LogP contribution is -2.06. The number of aromatic carboxylic acids is 1. The normalized spacial score (nSPS) is 11.2. The molecule has 2 aromatic carbocycles. The molecule has 8 heteroatoms. The van der Waals surface area contributed by atoms with Crippen LogP contribution >= 0.6 is 11.6 Å². The van der Waals surface area contributed by atoms with Gasteiger partial charge in [-0.2, -0.15) is 0 Å². The summed E-state index contributed by atoms with van der Waals surface area (Å²) >= 11 is 6.52. The van der Waals surface area contributed by atoms with E-state index < -0.39 is 5.97 Å². The summed E-state index contributed by atoms with van der Waals surface area (Å²) in [7, 11) is 0. The van der Waals surface area contributed by atoms with Crippen molar-refractivity contribution < 1.29 is 19.4 Å². The number of halogens is 1. The summed E-state index contributed by atoms with van der Waals surface area (Å²) in [4.78, 5) is 20.8. The van der Waals surface area contributed by atoms with Crippen LogP contribution in [0.2, 0.25) is 5.02 Å². The number of ether oxygens (including phenoxy) is 2. The molecule has 0 saturated heterocycles. The smallest absolute Gasteiger partial charge is 0.336 e. The fourth-order valence-corrected chi connectivity index (χ4v) is 4.09. The summed E-state index contributed by atoms with van der Waals surface area (Å²) in [5.74, 6) is 0.497. The highest BCUT2D eigenvalue weighted by Gasteiger charge is 2.15. The molecule has 7 nitrogen and oxygen atoms in total. The first-order chi connectivity index (χ1) is 16.4. The Morgan fingerprint density at radius 3 is 2.68 bits per heavy atom. The van der Waals surface area contributed by atoms with Gasteiger partial charge in [0.1, 0.15) is 18.2 Å². The Balaban J connectivity index is 1.62. The maximum atomic E-state index is 11.5. The Morgan fingerprint density at radius 2 is 1.94 bits per heavy atom. The summed E-state index contributed by atoms with van der Waals surface area (Å²) in [5.41, 5.74) is 5.25. The lowest BCUT2D eigenvalue weighted by atomic mass is 10.1. The minimum absolute atomic E-state index is 0.148. The number of aryl methyl sites for hydroxylation is 2. The summed E-state index contributed by atoms with van der Waals surface area (Å²) in [5, 5.41) is 10.00. The molecule has 0 unspecified atom stereocenters. The van der Waals surface area contributed by atoms with Crippen molar-refractivity contribution >= 4 is 28.6 Å². The molecule has 176 valence electrons. The highest BCUT2D eigenvalue weighted by Crippen LogP contribution is 2.28. The predicted octanol–water partition coefficient (Wildman–Crippen LogP) is 5.56. The van der Waals surface area contributed by atoms with Crippen molar-refractivity contribution in [1.29, 1.82) is 0 Å². The van der Waals surface area contributed by atoms with Crippen molar-refractivity contribution in [2.75, 3.05) is 6.61 Å². The number of carboxylic acid groups (broad SMARTS) is 1. The highest BCUT2D eigenvalue weighted by molar-refractivity contribution is 6.31. The molecule has 0 aliphatic heterocycles. The monoisotopic (exact) mass is 479 g/mol. The average molecular weight is 480 g/mol. The highest BCUT2D eigenvalue weighted by atomic mass is 35.5. The van der Waals surface area contributed by atoms with E-state index >= 15 is 0 Å². The van der Waals surface area contributed by atoms with Crippen LogP contribution in [0.5, 0.6) is 5.75 Å². The zero-order chi connectivity index (χ0) is 24.2. The van der Waals surface area contributed by atoms with Gasteiger partial charge in [-0.3, -0.25) is 4.98 Å². The number of hydrogen-bond acceptors (Lipinski definition) is 5. The van der Waals surface area contributed by atoms with E-state index in [1.165, 1.54) is 0 Å². The van der Waals surface area contributed by atoms with Crippen LogP contribution in [0.25, 0.3) is 11.0 Å². The van der Waals surface area contributed by atoms with E-state index in [0.29, 0.717) is 36.1 Å². The van der Waals surface area contributed by atoms with Crippen LogP contribution in [0.4, 0.5) is 0 Å². The molecular weight excluding hydrogens is 454 g/mol. The Labute approximate surface area is 202 Å². The van der Waals surface area contributed by atoms with Gasteiger partial charge < -0.3 is 19.1 Å². The van der Waals surface area contributed by atoms with Crippen LogP contribution in [-0.4, -0.2) is 32.2 Å². The van der Waals surface area contributed by atoms with Crippen LogP contribution in [0.1, 0.15) is 45.5 Å². The molecule has 0 aliphatic rings. The molecule has 0 atom stereocenters. The first-order valence-corrected chi connectivity index (χ1v) is 11.4. The van der Waals surface area contributed by atoms with Gasteiger partial charge in [-0.1, -0.05) is 29.8 Å². The van der Waals surface area contributed by atoms with E-state index in [9.17, 15) is 9.90 Å². The van der Waals surface area contributed by atoms with E-state index in [-0.39, 0.29) is 12.2 Å². The molecule has 2 aromatic heterocycles. The van der Waals surface area contributed by atoms with Gasteiger partial charge in [0.2, 0.25) is 0 Å². The maximum absolute atomic E-state index is 11.5. The summed E-state index contributed by atoms with van der Waals surface area (Å²) < 4.78 is 13.5. The van der Waals surface area contributed by atoms with Crippen LogP contribution in [0.3, 0.4) is 0 Å². The number of rotatable bonds is 9. The SMILES string of the molecule is CCOCc1cnc(Cn2c(C)nc3c(C)cc(OCc4ccccc4C(=O)O)cc32)c(Cl)c1. The van der Waals surface area contributed by atoms with Gasteiger partial charge in [0.25, 0.3) is 0 Å². The Bertz CT molecular complexity index is 1350. The zero-order valence-electron chi connectivity index (χ0n) is 19.3. The molecule has 34 heavy (non-hydrogen) atoms. The molecule has 0 fully saturated rings. The number of benzene rings is 2. The average Bonchev–Trinajstić information content (AvgIpc) is 3.13. The Hall–Kier alpha value is -3.42. The van der Waals surface area contributed by atoms with Crippen LogP contribution in [0.15, 0.2) is 48.7 Å². The first kappa shape index (κ1) is 23.7. The third-order valence-electron chi connectivity index (χ3n) is 5.61. The largest absolute Gasteiger partial charge is 0.489 e. The van der Waals surface area contributed by atoms with Gasteiger partial charge in [-0.15, -0.1) is 0 Å². The fourth-order valence-electron chi connectivity index (χ4n) is 3.85. The summed E-state index contributed by atoms with van der Waals surface area (Å²) in [6, 6.07) is 12.5. The number of pyridine rings is 1. The molecule has 4 aromatic rings. The van der Waals surface area contributed by atoms with E-state index in [1.807, 2.05) is 39.0 Å². The third-order valence-corrected chi connectivity index (χ3v) is 5.93. The number of imidazole rings is 1. The Morgan fingerprint density at radius 1 is 1.15 bits per heavy atom. The van der Waals surface area contributed by atoms with Gasteiger partial charge in [-0.05, 0) is 50.1 Å². The molecule has 0 spiro atoms. The molecular formula is C26H26ClN3O4. The third kappa shape index (κ3) is 5.05. The van der Waals surface area contributed by atoms with Crippen LogP contribution in [-0.2, 0) is 24.5 Å². The molecule has 1 N–H and O–H groups in total. The van der Waals surface area contributed by atoms with Gasteiger partial charge in [0.15, 0.2) is 0 Å². The number of nitrogens with zero attached hydrogens (tertiary/aromatic N) is 3. The first-order valence-electron chi connectivity index (χ1n) is 11.0. The van der Waals surface area contributed by atoms with Gasteiger partial charge >= 0.3 is 5.97 Å². The quantitative estimate of drug-likeness (QED) is 0.338. The molecule has 0 aliphatic carbocycles. The molecule has 4 rings (SSSR count). The van der Waals surface area contributed by atoms with Crippen molar-refractivity contribution in [2.45, 2.75) is 40.5 Å². The minimum Gasteiger partial charge on any atom is -0.489 e. The van der Waals surface area contributed by atoms with Gasteiger partial charge in [0.05, 0.1) is 40.5 Å². The molecule has 0 radical (unpaired) electrons. The van der Waals surface area contributed by atoms with Crippen LogP contribution in [0, 0.1) is 13.8 Å². The lowest BCUT2D eigenvalue weighted by molar-refractivity contribution is 0.0694. The number of carboxylic acids is 1. The number of aromatic nitrogens is 3. The second-order valence-corrected chi connectivity index (χ2v) is 8.42. The second-order valence-electron chi connectivity index (χ2n) is 8.01. The molecule has 0 bridgehead atoms. The van der Waals surface area contributed by atoms with Crippen molar-refractivity contribution in [3.8, 4) is 5.75 Å². The molecule has 0 saturated carbocycles. The summed E-state index contributed by atoms with van der Waals surface area (Å²) in [6.07, 6.45) is 1.78. The predicted molar refractivity (Wildman–Crippen MR) is 131 cm³/mol. The number of fused-ring (bicyclic) bond motifs is 1. The van der Waals surface area contributed by atoms with E-state index in [2.05, 4.69) is 9.55 Å². The minimum atomic E-state index is -0.976. The standard InChI is InChI=1S/C26H26ClN3O4/c1-4-33-14-18-10-22(27)23(28-12-18)13-30-17(3)29-25-16(2)9-20(11-24(25)30)34-15-19-7-5-6-8-21(19)26(31)32/h5-12H,4,13-15H2,1-3H3,(H,31,32). The van der Waals surface area contributed by atoms with E-state index in [0.717, 1.165) is 33.7 Å². The maximum Gasteiger partial charge on any atom is 0.336 e. The van der Waals surface area contributed by atoms with E-state index in [4.69, 9.17) is 26.1 Å².